The summed E-state index contributed by atoms with van der Waals surface area (Å²) in [6, 6.07) is 7.23. The van der Waals surface area contributed by atoms with Crippen LogP contribution < -0.4 is 14.5 Å². The topological polar surface area (TPSA) is 71.9 Å². The average molecular weight is 401 g/mol. The number of aromatic nitrogens is 1. The average Bonchev–Trinajstić information content (AvgIpc) is 3.05. The molecule has 2 aliphatic rings. The first-order chi connectivity index (χ1) is 13.5. The summed E-state index contributed by atoms with van der Waals surface area (Å²) in [7, 11) is 0. The van der Waals surface area contributed by atoms with Gasteiger partial charge in [0.25, 0.3) is 5.91 Å². The van der Waals surface area contributed by atoms with Gasteiger partial charge in [0.15, 0.2) is 6.10 Å². The predicted molar refractivity (Wildman–Crippen MR) is 107 cm³/mol. The maximum absolute atomic E-state index is 13.1. The van der Waals surface area contributed by atoms with Crippen LogP contribution in [-0.4, -0.2) is 47.0 Å². The minimum Gasteiger partial charge on any atom is -0.476 e. The molecule has 1 saturated heterocycles. The Hall–Kier alpha value is -2.61. The largest absolute Gasteiger partial charge is 0.476 e. The molecule has 0 unspecified atom stereocenters. The minimum atomic E-state index is -0.725. The van der Waals surface area contributed by atoms with Gasteiger partial charge in [-0.2, -0.15) is 0 Å². The molecule has 0 bridgehead atoms. The number of ether oxygens (including phenoxy) is 1. The van der Waals surface area contributed by atoms with E-state index in [0.717, 1.165) is 49.4 Å². The van der Waals surface area contributed by atoms with E-state index >= 15 is 0 Å². The zero-order chi connectivity index (χ0) is 19.7. The van der Waals surface area contributed by atoms with Gasteiger partial charge in [-0.15, -0.1) is 0 Å². The number of hydrogen-bond donors (Lipinski definition) is 0. The molecule has 2 aliphatic heterocycles. The van der Waals surface area contributed by atoms with Crippen molar-refractivity contribution in [2.24, 2.45) is 0 Å². The molecule has 0 N–H and O–H groups in total. The van der Waals surface area contributed by atoms with Crippen molar-refractivity contribution in [3.05, 3.63) is 45.0 Å². The number of thiazole rings is 1. The fourth-order valence-corrected chi connectivity index (χ4v) is 4.47. The van der Waals surface area contributed by atoms with E-state index < -0.39 is 6.10 Å². The van der Waals surface area contributed by atoms with Crippen molar-refractivity contribution >= 4 is 28.8 Å². The summed E-state index contributed by atoms with van der Waals surface area (Å²) in [5.74, 6) is 0.221. The summed E-state index contributed by atoms with van der Waals surface area (Å²) in [6.07, 6.45) is 2.41. The van der Waals surface area contributed by atoms with Gasteiger partial charge in [-0.05, 0) is 38.3 Å². The molecule has 0 radical (unpaired) electrons. The fraction of sp³-hybridized carbons (Fsp3) is 0.450. The van der Waals surface area contributed by atoms with Crippen LogP contribution in [0.1, 0.15) is 25.0 Å². The van der Waals surface area contributed by atoms with Gasteiger partial charge in [0, 0.05) is 24.2 Å². The Morgan fingerprint density at radius 3 is 2.64 bits per heavy atom. The summed E-state index contributed by atoms with van der Waals surface area (Å²) >= 11 is 1.08. The molecule has 1 aromatic carbocycles. The third kappa shape index (κ3) is 3.56. The van der Waals surface area contributed by atoms with Gasteiger partial charge in [-0.25, -0.2) is 0 Å². The van der Waals surface area contributed by atoms with Crippen LogP contribution in [0.3, 0.4) is 0 Å². The molecule has 2 amide bonds. The molecule has 1 fully saturated rings. The van der Waals surface area contributed by atoms with Crippen LogP contribution in [0.5, 0.6) is 5.75 Å². The molecule has 7 nitrogen and oxygen atoms in total. The van der Waals surface area contributed by atoms with Gasteiger partial charge in [0.05, 0.1) is 12.2 Å². The Bertz CT molecular complexity index is 945. The lowest BCUT2D eigenvalue weighted by Crippen LogP contribution is -2.53. The van der Waals surface area contributed by atoms with E-state index in [1.54, 1.807) is 29.3 Å². The molecule has 148 valence electrons. The molecule has 2 aromatic rings. The van der Waals surface area contributed by atoms with E-state index in [1.165, 1.54) is 4.57 Å². The van der Waals surface area contributed by atoms with E-state index in [0.29, 0.717) is 11.4 Å². The van der Waals surface area contributed by atoms with E-state index in [9.17, 15) is 14.4 Å². The molecule has 4 rings (SSSR count). The van der Waals surface area contributed by atoms with Gasteiger partial charge in [0.1, 0.15) is 12.3 Å². The van der Waals surface area contributed by atoms with Crippen LogP contribution in [-0.2, 0) is 16.1 Å². The highest BCUT2D eigenvalue weighted by atomic mass is 32.1. The molecule has 3 heterocycles. The summed E-state index contributed by atoms with van der Waals surface area (Å²) in [6.45, 7) is 3.38. The lowest BCUT2D eigenvalue weighted by atomic mass is 10.1. The Balaban J connectivity index is 1.59. The molecule has 0 spiro atoms. The van der Waals surface area contributed by atoms with Crippen molar-refractivity contribution in [3.63, 3.8) is 0 Å². The number of carbonyl (C=O) groups is 2. The first-order valence-corrected chi connectivity index (χ1v) is 10.4. The Labute approximate surface area is 167 Å². The molecule has 28 heavy (non-hydrogen) atoms. The van der Waals surface area contributed by atoms with Crippen LogP contribution in [0.15, 0.2) is 34.4 Å². The third-order valence-electron chi connectivity index (χ3n) is 5.29. The van der Waals surface area contributed by atoms with Crippen molar-refractivity contribution in [1.29, 1.82) is 0 Å². The van der Waals surface area contributed by atoms with Crippen molar-refractivity contribution in [2.45, 2.75) is 38.8 Å². The molecule has 0 saturated carbocycles. The number of hydrogen-bond acceptors (Lipinski definition) is 5. The van der Waals surface area contributed by atoms with Crippen LogP contribution in [0, 0.1) is 6.92 Å². The van der Waals surface area contributed by atoms with Gasteiger partial charge in [-0.3, -0.25) is 19.0 Å². The normalized spacial score (nSPS) is 19.1. The van der Waals surface area contributed by atoms with Crippen LogP contribution in [0.25, 0.3) is 0 Å². The van der Waals surface area contributed by atoms with Crippen LogP contribution in [0.2, 0.25) is 0 Å². The van der Waals surface area contributed by atoms with Crippen molar-refractivity contribution < 1.29 is 14.3 Å². The molecular formula is C20H23N3O4S. The molecule has 1 aromatic heterocycles. The second-order valence-electron chi connectivity index (χ2n) is 7.19. The number of fused-ring (bicyclic) bond motifs is 1. The van der Waals surface area contributed by atoms with Gasteiger partial charge in [0.2, 0.25) is 5.91 Å². The number of likely N-dealkylation sites (tertiary alicyclic amines) is 1. The molecular weight excluding hydrogens is 378 g/mol. The van der Waals surface area contributed by atoms with E-state index in [1.807, 2.05) is 17.0 Å². The Morgan fingerprint density at radius 1 is 1.18 bits per heavy atom. The number of nitrogens with zero attached hydrogens (tertiary/aromatic N) is 3. The first-order valence-electron chi connectivity index (χ1n) is 9.54. The third-order valence-corrected chi connectivity index (χ3v) is 6.17. The Kier molecular flexibility index (Phi) is 5.21. The number of amides is 2. The number of piperidine rings is 1. The SMILES string of the molecule is Cc1csc(=O)n1CC(=O)N1C[C@H](C(=O)N2CCCCC2)Oc2ccccc21. The standard InChI is InChI=1S/C20H23N3O4S/c1-14-13-28-20(26)22(14)12-18(24)23-11-17(19(25)21-9-5-2-6-10-21)27-16-8-4-3-7-15(16)23/h3-4,7-8,13,17H,2,5-6,9-12H2,1H3/t17-/m1/s1. The zero-order valence-electron chi connectivity index (χ0n) is 15.8. The second kappa shape index (κ2) is 7.79. The number of anilines is 1. The van der Waals surface area contributed by atoms with Crippen LogP contribution >= 0.6 is 11.3 Å². The molecule has 0 aliphatic carbocycles. The summed E-state index contributed by atoms with van der Waals surface area (Å²) in [5.41, 5.74) is 1.39. The summed E-state index contributed by atoms with van der Waals surface area (Å²) in [4.78, 5) is 41.3. The van der Waals surface area contributed by atoms with Crippen molar-refractivity contribution in [2.75, 3.05) is 24.5 Å². The maximum atomic E-state index is 13.1. The van der Waals surface area contributed by atoms with E-state index in [2.05, 4.69) is 0 Å². The maximum Gasteiger partial charge on any atom is 0.307 e. The zero-order valence-corrected chi connectivity index (χ0v) is 16.6. The number of rotatable bonds is 3. The highest BCUT2D eigenvalue weighted by Crippen LogP contribution is 2.34. The van der Waals surface area contributed by atoms with Gasteiger partial charge >= 0.3 is 4.87 Å². The lowest BCUT2D eigenvalue weighted by Gasteiger charge is -2.37. The molecule has 1 atom stereocenters. The second-order valence-corrected chi connectivity index (χ2v) is 8.01. The van der Waals surface area contributed by atoms with E-state index in [4.69, 9.17) is 4.74 Å². The highest BCUT2D eigenvalue weighted by Gasteiger charge is 2.36. The quantitative estimate of drug-likeness (QED) is 0.789. The summed E-state index contributed by atoms with van der Waals surface area (Å²) < 4.78 is 7.42. The van der Waals surface area contributed by atoms with Crippen molar-refractivity contribution in [3.8, 4) is 5.75 Å². The van der Waals surface area contributed by atoms with E-state index in [-0.39, 0.29) is 29.8 Å². The summed E-state index contributed by atoms with van der Waals surface area (Å²) in [5, 5.41) is 1.74. The molecule has 8 heteroatoms. The number of carbonyl (C=O) groups excluding carboxylic acids is 2. The Morgan fingerprint density at radius 2 is 1.93 bits per heavy atom. The smallest absolute Gasteiger partial charge is 0.307 e. The van der Waals surface area contributed by atoms with Gasteiger partial charge < -0.3 is 14.5 Å². The highest BCUT2D eigenvalue weighted by molar-refractivity contribution is 7.07. The monoisotopic (exact) mass is 401 g/mol. The number of benzene rings is 1. The van der Waals surface area contributed by atoms with Gasteiger partial charge in [-0.1, -0.05) is 23.5 Å². The minimum absolute atomic E-state index is 0.0485. The first kappa shape index (κ1) is 18.7. The number of para-hydroxylation sites is 2. The fourth-order valence-electron chi connectivity index (χ4n) is 3.73. The van der Waals surface area contributed by atoms with Crippen LogP contribution in [0.4, 0.5) is 5.69 Å². The van der Waals surface area contributed by atoms with Crippen molar-refractivity contribution in [1.82, 2.24) is 9.47 Å². The number of aryl methyl sites for hydroxylation is 1. The predicted octanol–water partition coefficient (Wildman–Crippen LogP) is 2.02. The lowest BCUT2D eigenvalue weighted by molar-refractivity contribution is -0.139.